The molecule has 0 atom stereocenters. The van der Waals surface area contributed by atoms with E-state index in [1.807, 2.05) is 7.05 Å². The van der Waals surface area contributed by atoms with Gasteiger partial charge in [-0.1, -0.05) is 0 Å². The van der Waals surface area contributed by atoms with Crippen LogP contribution < -0.4 is 10.6 Å². The van der Waals surface area contributed by atoms with Crippen LogP contribution in [0.25, 0.3) is 0 Å². The molecule has 0 spiro atoms. The highest BCUT2D eigenvalue weighted by atomic mass is 35.5. The lowest BCUT2D eigenvalue weighted by Crippen LogP contribution is -2.21. The van der Waals surface area contributed by atoms with Crippen LogP contribution in [0.15, 0.2) is 24.3 Å². The molecule has 0 aliphatic rings. The molecule has 1 aromatic rings. The Morgan fingerprint density at radius 2 is 1.75 bits per heavy atom. The van der Waals surface area contributed by atoms with Crippen LogP contribution in [0.5, 0.6) is 0 Å². The fraction of sp³-hybridized carbons (Fsp3) is 0.429. The topological polar surface area (TPSA) is 61.4 Å². The zero-order chi connectivity index (χ0) is 14.3. The fourth-order valence-electron chi connectivity index (χ4n) is 1.60. The van der Waals surface area contributed by atoms with Gasteiger partial charge in [0.05, 0.1) is 0 Å². The highest BCUT2D eigenvalue weighted by molar-refractivity contribution is 5.95. The molecule has 0 heterocycles. The first kappa shape index (κ1) is 18.4. The summed E-state index contributed by atoms with van der Waals surface area (Å²) in [5.74, 6) is -0.0613. The van der Waals surface area contributed by atoms with Crippen molar-refractivity contribution in [2.45, 2.75) is 12.8 Å². The van der Waals surface area contributed by atoms with E-state index in [2.05, 4.69) is 10.6 Å². The monoisotopic (exact) mass is 299 g/mol. The van der Waals surface area contributed by atoms with Crippen LogP contribution in [0.4, 0.5) is 5.69 Å². The number of hydrogen-bond acceptors (Lipinski definition) is 3. The van der Waals surface area contributed by atoms with E-state index in [1.54, 1.807) is 38.4 Å². The maximum atomic E-state index is 11.7. The van der Waals surface area contributed by atoms with Gasteiger partial charge in [-0.05, 0) is 44.3 Å². The molecule has 2 N–H and O–H groups in total. The number of amides is 2. The zero-order valence-electron chi connectivity index (χ0n) is 12.1. The number of carbonyl (C=O) groups is 2. The van der Waals surface area contributed by atoms with Crippen LogP contribution in [0, 0.1) is 0 Å². The maximum absolute atomic E-state index is 11.7. The Morgan fingerprint density at radius 1 is 1.15 bits per heavy atom. The van der Waals surface area contributed by atoms with Gasteiger partial charge in [-0.3, -0.25) is 9.59 Å². The molecule has 0 bridgehead atoms. The van der Waals surface area contributed by atoms with Crippen molar-refractivity contribution in [1.82, 2.24) is 10.2 Å². The first-order valence-corrected chi connectivity index (χ1v) is 6.30. The predicted octanol–water partition coefficient (Wildman–Crippen LogP) is 1.75. The van der Waals surface area contributed by atoms with Crippen molar-refractivity contribution in [3.8, 4) is 0 Å². The van der Waals surface area contributed by atoms with Gasteiger partial charge >= 0.3 is 0 Å². The van der Waals surface area contributed by atoms with Crippen LogP contribution in [0.2, 0.25) is 0 Å². The summed E-state index contributed by atoms with van der Waals surface area (Å²) in [7, 11) is 5.28. The van der Waals surface area contributed by atoms with Gasteiger partial charge in [0.1, 0.15) is 0 Å². The third-order valence-corrected chi connectivity index (χ3v) is 2.65. The minimum Gasteiger partial charge on any atom is -0.345 e. The minimum absolute atomic E-state index is 0. The Kier molecular flexibility index (Phi) is 8.59. The molecule has 112 valence electrons. The second-order valence-electron chi connectivity index (χ2n) is 4.53. The van der Waals surface area contributed by atoms with Crippen LogP contribution in [-0.2, 0) is 4.79 Å². The van der Waals surface area contributed by atoms with E-state index in [1.165, 1.54) is 4.90 Å². The van der Waals surface area contributed by atoms with Gasteiger partial charge in [0.2, 0.25) is 5.91 Å². The van der Waals surface area contributed by atoms with Gasteiger partial charge in [0, 0.05) is 31.8 Å². The molecule has 1 rings (SSSR count). The SMILES string of the molecule is CNCCCC(=O)Nc1ccc(C(=O)N(C)C)cc1.Cl. The smallest absolute Gasteiger partial charge is 0.253 e. The van der Waals surface area contributed by atoms with E-state index in [-0.39, 0.29) is 24.2 Å². The van der Waals surface area contributed by atoms with Crippen molar-refractivity contribution >= 4 is 29.9 Å². The minimum atomic E-state index is -0.0492. The van der Waals surface area contributed by atoms with Gasteiger partial charge < -0.3 is 15.5 Å². The standard InChI is InChI=1S/C14H21N3O2.ClH/c1-15-10-4-5-13(18)16-12-8-6-11(7-9-12)14(19)17(2)3;/h6-9,15H,4-5,10H2,1-3H3,(H,16,18);1H. The fourth-order valence-corrected chi connectivity index (χ4v) is 1.60. The number of halogens is 1. The van der Waals surface area contributed by atoms with Gasteiger partial charge in [-0.25, -0.2) is 0 Å². The summed E-state index contributed by atoms with van der Waals surface area (Å²) < 4.78 is 0. The Labute approximate surface area is 126 Å². The van der Waals surface area contributed by atoms with Gasteiger partial charge in [-0.15, -0.1) is 12.4 Å². The predicted molar refractivity (Wildman–Crippen MR) is 83.5 cm³/mol. The molecule has 0 unspecified atom stereocenters. The van der Waals surface area contributed by atoms with Crippen molar-refractivity contribution in [3.63, 3.8) is 0 Å². The molecule has 0 aliphatic carbocycles. The van der Waals surface area contributed by atoms with Gasteiger partial charge in [0.25, 0.3) is 5.91 Å². The van der Waals surface area contributed by atoms with E-state index in [0.29, 0.717) is 17.7 Å². The molecule has 0 saturated carbocycles. The third-order valence-electron chi connectivity index (χ3n) is 2.65. The van der Waals surface area contributed by atoms with Gasteiger partial charge in [-0.2, -0.15) is 0 Å². The lowest BCUT2D eigenvalue weighted by Gasteiger charge is -2.11. The van der Waals surface area contributed by atoms with E-state index < -0.39 is 0 Å². The highest BCUT2D eigenvalue weighted by Gasteiger charge is 2.08. The lowest BCUT2D eigenvalue weighted by molar-refractivity contribution is -0.116. The Hall–Kier alpha value is -1.59. The molecule has 2 amide bonds. The summed E-state index contributed by atoms with van der Waals surface area (Å²) in [5.41, 5.74) is 1.32. The number of carbonyl (C=O) groups excluding carboxylic acids is 2. The number of benzene rings is 1. The van der Waals surface area contributed by atoms with Crippen molar-refractivity contribution in [1.29, 1.82) is 0 Å². The number of rotatable bonds is 6. The Balaban J connectivity index is 0.00000361. The average Bonchev–Trinajstić information content (AvgIpc) is 2.39. The van der Waals surface area contributed by atoms with Crippen molar-refractivity contribution in [3.05, 3.63) is 29.8 Å². The summed E-state index contributed by atoms with van der Waals surface area (Å²) in [6.45, 7) is 0.823. The zero-order valence-corrected chi connectivity index (χ0v) is 12.9. The molecule has 0 aromatic heterocycles. The maximum Gasteiger partial charge on any atom is 0.253 e. The summed E-state index contributed by atoms with van der Waals surface area (Å²) in [5, 5.41) is 5.80. The molecular weight excluding hydrogens is 278 g/mol. The number of hydrogen-bond donors (Lipinski definition) is 2. The normalized spacial score (nSPS) is 9.55. The van der Waals surface area contributed by atoms with Gasteiger partial charge in [0.15, 0.2) is 0 Å². The first-order chi connectivity index (χ1) is 9.04. The second-order valence-corrected chi connectivity index (χ2v) is 4.53. The van der Waals surface area contributed by atoms with Crippen molar-refractivity contribution < 1.29 is 9.59 Å². The van der Waals surface area contributed by atoms with E-state index in [9.17, 15) is 9.59 Å². The molecule has 0 saturated heterocycles. The number of anilines is 1. The van der Waals surface area contributed by atoms with E-state index in [4.69, 9.17) is 0 Å². The van der Waals surface area contributed by atoms with Crippen LogP contribution in [0.3, 0.4) is 0 Å². The lowest BCUT2D eigenvalue weighted by atomic mass is 10.2. The molecule has 0 aliphatic heterocycles. The van der Waals surface area contributed by atoms with Crippen molar-refractivity contribution in [2.75, 3.05) is 33.0 Å². The highest BCUT2D eigenvalue weighted by Crippen LogP contribution is 2.11. The second kappa shape index (κ2) is 9.34. The number of nitrogens with one attached hydrogen (secondary N) is 2. The van der Waals surface area contributed by atoms with Crippen LogP contribution in [-0.4, -0.2) is 44.4 Å². The van der Waals surface area contributed by atoms with E-state index in [0.717, 1.165) is 13.0 Å². The van der Waals surface area contributed by atoms with Crippen LogP contribution >= 0.6 is 12.4 Å². The number of nitrogens with zero attached hydrogens (tertiary/aromatic N) is 1. The molecule has 0 fully saturated rings. The summed E-state index contributed by atoms with van der Waals surface area (Å²) in [4.78, 5) is 24.8. The largest absolute Gasteiger partial charge is 0.345 e. The average molecular weight is 300 g/mol. The van der Waals surface area contributed by atoms with Crippen molar-refractivity contribution in [2.24, 2.45) is 0 Å². The Morgan fingerprint density at radius 3 is 2.25 bits per heavy atom. The van der Waals surface area contributed by atoms with E-state index >= 15 is 0 Å². The molecular formula is C14H22ClN3O2. The first-order valence-electron chi connectivity index (χ1n) is 6.30. The molecule has 1 aromatic carbocycles. The summed E-state index contributed by atoms with van der Waals surface area (Å²) in [6, 6.07) is 6.91. The molecule has 6 heteroatoms. The van der Waals surface area contributed by atoms with Crippen LogP contribution in [0.1, 0.15) is 23.2 Å². The quantitative estimate of drug-likeness (QED) is 0.787. The molecule has 20 heavy (non-hydrogen) atoms. The molecule has 0 radical (unpaired) electrons. The Bertz CT molecular complexity index is 433. The summed E-state index contributed by atoms with van der Waals surface area (Å²) >= 11 is 0. The third kappa shape index (κ3) is 6.04. The summed E-state index contributed by atoms with van der Waals surface area (Å²) in [6.07, 6.45) is 1.29. The molecule has 5 nitrogen and oxygen atoms in total.